The third kappa shape index (κ3) is 4.44. The second-order valence-corrected chi connectivity index (χ2v) is 5.51. The Labute approximate surface area is 115 Å². The lowest BCUT2D eigenvalue weighted by Gasteiger charge is -2.36. The average Bonchev–Trinajstić information content (AvgIpc) is 2.47. The van der Waals surface area contributed by atoms with Crippen LogP contribution in [0.4, 0.5) is 0 Å². The van der Waals surface area contributed by atoms with Crippen LogP contribution in [0.15, 0.2) is 0 Å². The summed E-state index contributed by atoms with van der Waals surface area (Å²) in [5, 5.41) is 12.4. The number of ether oxygens (including phenoxy) is 1. The predicted octanol–water partition coefficient (Wildman–Crippen LogP) is 0.519. The van der Waals surface area contributed by atoms with Gasteiger partial charge in [0.25, 0.3) is 0 Å². The van der Waals surface area contributed by atoms with Crippen molar-refractivity contribution < 1.29 is 14.6 Å². The highest BCUT2D eigenvalue weighted by Gasteiger charge is 2.26. The molecule has 2 fully saturated rings. The minimum atomic E-state index is 0.0942. The minimum absolute atomic E-state index is 0.0942. The molecule has 2 heterocycles. The zero-order valence-corrected chi connectivity index (χ0v) is 11.6. The van der Waals surface area contributed by atoms with E-state index >= 15 is 0 Å². The molecule has 2 aliphatic heterocycles. The summed E-state index contributed by atoms with van der Waals surface area (Å²) in [5.74, 6) is 0.0942. The second kappa shape index (κ2) is 7.82. The molecular weight excluding hydrogens is 244 g/mol. The summed E-state index contributed by atoms with van der Waals surface area (Å²) in [7, 11) is 0. The fourth-order valence-corrected chi connectivity index (χ4v) is 3.01. The molecule has 0 aromatic heterocycles. The number of carbonyl (C=O) groups excluding carboxylic acids is 1. The Balaban J connectivity index is 1.76. The lowest BCUT2D eigenvalue weighted by molar-refractivity contribution is -0.142. The fourth-order valence-electron chi connectivity index (χ4n) is 3.01. The van der Waals surface area contributed by atoms with Gasteiger partial charge in [0.2, 0.25) is 5.91 Å². The van der Waals surface area contributed by atoms with Gasteiger partial charge in [-0.1, -0.05) is 0 Å². The summed E-state index contributed by atoms with van der Waals surface area (Å²) in [6, 6.07) is 0.211. The van der Waals surface area contributed by atoms with Crippen molar-refractivity contribution in [3.8, 4) is 0 Å². The standard InChI is InChI=1S/C14H26N2O3/c17-10-6-12-3-1-2-9-16(12)14(18)11-19-13-4-7-15-8-5-13/h12-13,15,17H,1-11H2. The van der Waals surface area contributed by atoms with Crippen molar-refractivity contribution in [1.29, 1.82) is 0 Å². The molecule has 0 aromatic carbocycles. The van der Waals surface area contributed by atoms with Crippen LogP contribution in [-0.2, 0) is 9.53 Å². The van der Waals surface area contributed by atoms with E-state index < -0.39 is 0 Å². The maximum absolute atomic E-state index is 12.2. The van der Waals surface area contributed by atoms with Crippen LogP contribution < -0.4 is 5.32 Å². The number of piperidine rings is 2. The first-order valence-electron chi connectivity index (χ1n) is 7.54. The molecule has 0 aromatic rings. The van der Waals surface area contributed by atoms with E-state index in [-0.39, 0.29) is 31.3 Å². The van der Waals surface area contributed by atoms with Gasteiger partial charge in [-0.25, -0.2) is 0 Å². The summed E-state index contributed by atoms with van der Waals surface area (Å²) in [4.78, 5) is 14.1. The lowest BCUT2D eigenvalue weighted by atomic mass is 9.99. The zero-order chi connectivity index (χ0) is 13.5. The number of hydrogen-bond donors (Lipinski definition) is 2. The Kier molecular flexibility index (Phi) is 6.07. The van der Waals surface area contributed by atoms with Gasteiger partial charge in [0, 0.05) is 19.2 Å². The molecule has 0 bridgehead atoms. The summed E-state index contributed by atoms with van der Waals surface area (Å²) < 4.78 is 5.73. The van der Waals surface area contributed by atoms with Crippen molar-refractivity contribution in [2.45, 2.75) is 50.7 Å². The Bertz CT molecular complexity index is 278. The van der Waals surface area contributed by atoms with E-state index in [0.29, 0.717) is 6.42 Å². The highest BCUT2D eigenvalue weighted by molar-refractivity contribution is 5.77. The van der Waals surface area contributed by atoms with Gasteiger partial charge >= 0.3 is 0 Å². The van der Waals surface area contributed by atoms with Crippen molar-refractivity contribution in [2.75, 3.05) is 32.8 Å². The Morgan fingerprint density at radius 1 is 1.26 bits per heavy atom. The van der Waals surface area contributed by atoms with Gasteiger partial charge in [0.15, 0.2) is 0 Å². The van der Waals surface area contributed by atoms with Gasteiger partial charge in [-0.3, -0.25) is 4.79 Å². The van der Waals surface area contributed by atoms with Crippen molar-refractivity contribution in [3.63, 3.8) is 0 Å². The van der Waals surface area contributed by atoms with E-state index in [9.17, 15) is 4.79 Å². The Morgan fingerprint density at radius 3 is 2.79 bits per heavy atom. The molecule has 110 valence electrons. The lowest BCUT2D eigenvalue weighted by Crippen LogP contribution is -2.46. The third-order valence-electron chi connectivity index (χ3n) is 4.14. The molecule has 1 amide bonds. The minimum Gasteiger partial charge on any atom is -0.396 e. The van der Waals surface area contributed by atoms with Crippen LogP contribution in [0.2, 0.25) is 0 Å². The van der Waals surface area contributed by atoms with Crippen molar-refractivity contribution in [3.05, 3.63) is 0 Å². The van der Waals surface area contributed by atoms with Gasteiger partial charge in [-0.15, -0.1) is 0 Å². The molecule has 2 rings (SSSR count). The van der Waals surface area contributed by atoms with Crippen LogP contribution in [-0.4, -0.2) is 60.9 Å². The Hall–Kier alpha value is -0.650. The molecule has 0 aliphatic carbocycles. The number of rotatable bonds is 5. The number of likely N-dealkylation sites (tertiary alicyclic amines) is 1. The summed E-state index contributed by atoms with van der Waals surface area (Å²) in [6.45, 7) is 3.14. The molecule has 2 aliphatic rings. The van der Waals surface area contributed by atoms with Crippen LogP contribution in [0.25, 0.3) is 0 Å². The van der Waals surface area contributed by atoms with E-state index in [1.165, 1.54) is 0 Å². The highest BCUT2D eigenvalue weighted by atomic mass is 16.5. The second-order valence-electron chi connectivity index (χ2n) is 5.51. The molecular formula is C14H26N2O3. The number of nitrogens with zero attached hydrogens (tertiary/aromatic N) is 1. The smallest absolute Gasteiger partial charge is 0.248 e. The maximum atomic E-state index is 12.2. The first-order valence-corrected chi connectivity index (χ1v) is 7.54. The summed E-state index contributed by atoms with van der Waals surface area (Å²) in [6.07, 6.45) is 6.15. The largest absolute Gasteiger partial charge is 0.396 e. The monoisotopic (exact) mass is 270 g/mol. The maximum Gasteiger partial charge on any atom is 0.248 e. The molecule has 19 heavy (non-hydrogen) atoms. The van der Waals surface area contributed by atoms with E-state index in [4.69, 9.17) is 9.84 Å². The normalized spacial score (nSPS) is 25.5. The molecule has 2 saturated heterocycles. The van der Waals surface area contributed by atoms with Crippen LogP contribution >= 0.6 is 0 Å². The van der Waals surface area contributed by atoms with E-state index in [2.05, 4.69) is 5.32 Å². The van der Waals surface area contributed by atoms with E-state index in [1.54, 1.807) is 0 Å². The Morgan fingerprint density at radius 2 is 2.05 bits per heavy atom. The molecule has 5 heteroatoms. The van der Waals surface area contributed by atoms with Gasteiger partial charge < -0.3 is 20.1 Å². The topological polar surface area (TPSA) is 61.8 Å². The summed E-state index contributed by atoms with van der Waals surface area (Å²) >= 11 is 0. The number of nitrogens with one attached hydrogen (secondary N) is 1. The molecule has 1 atom stereocenters. The van der Waals surface area contributed by atoms with Crippen molar-refractivity contribution >= 4 is 5.91 Å². The van der Waals surface area contributed by atoms with E-state index in [1.807, 2.05) is 4.90 Å². The van der Waals surface area contributed by atoms with Crippen molar-refractivity contribution in [1.82, 2.24) is 10.2 Å². The van der Waals surface area contributed by atoms with Crippen LogP contribution in [0, 0.1) is 0 Å². The fraction of sp³-hybridized carbons (Fsp3) is 0.929. The number of aliphatic hydroxyl groups excluding tert-OH is 1. The van der Waals surface area contributed by atoms with Gasteiger partial charge in [-0.05, 0) is 51.6 Å². The van der Waals surface area contributed by atoms with Gasteiger partial charge in [0.1, 0.15) is 6.61 Å². The van der Waals surface area contributed by atoms with Crippen LogP contribution in [0.5, 0.6) is 0 Å². The van der Waals surface area contributed by atoms with Crippen LogP contribution in [0.3, 0.4) is 0 Å². The predicted molar refractivity (Wildman–Crippen MR) is 72.9 cm³/mol. The van der Waals surface area contributed by atoms with Crippen LogP contribution in [0.1, 0.15) is 38.5 Å². The average molecular weight is 270 g/mol. The third-order valence-corrected chi connectivity index (χ3v) is 4.14. The molecule has 0 saturated carbocycles. The molecule has 1 unspecified atom stereocenters. The first kappa shape index (κ1) is 14.8. The van der Waals surface area contributed by atoms with E-state index in [0.717, 1.165) is 51.7 Å². The molecule has 5 nitrogen and oxygen atoms in total. The zero-order valence-electron chi connectivity index (χ0n) is 11.6. The molecule has 0 spiro atoms. The number of hydrogen-bond acceptors (Lipinski definition) is 4. The first-order chi connectivity index (χ1) is 9.31. The highest BCUT2D eigenvalue weighted by Crippen LogP contribution is 2.20. The van der Waals surface area contributed by atoms with Gasteiger partial charge in [0.05, 0.1) is 6.10 Å². The molecule has 0 radical (unpaired) electrons. The quantitative estimate of drug-likeness (QED) is 0.764. The van der Waals surface area contributed by atoms with Crippen molar-refractivity contribution in [2.24, 2.45) is 0 Å². The number of amides is 1. The SMILES string of the molecule is O=C(COC1CCNCC1)N1CCCCC1CCO. The summed E-state index contributed by atoms with van der Waals surface area (Å²) in [5.41, 5.74) is 0. The molecule has 2 N–H and O–H groups in total. The number of aliphatic hydroxyl groups is 1. The van der Waals surface area contributed by atoms with Gasteiger partial charge in [-0.2, -0.15) is 0 Å². The number of carbonyl (C=O) groups is 1.